The van der Waals surface area contributed by atoms with Crippen LogP contribution in [0.4, 0.5) is 0 Å². The summed E-state index contributed by atoms with van der Waals surface area (Å²) in [6.45, 7) is 2.18. The smallest absolute Gasteiger partial charge is 0.211 e. The van der Waals surface area contributed by atoms with E-state index in [0.717, 1.165) is 46.3 Å². The first-order valence-electron chi connectivity index (χ1n) is 11.5. The van der Waals surface area contributed by atoms with Crippen LogP contribution in [0.3, 0.4) is 0 Å². The van der Waals surface area contributed by atoms with Crippen LogP contribution in [0.25, 0.3) is 21.9 Å². The molecule has 180 valence electrons. The number of nitriles is 1. The molecule has 12 heteroatoms. The molecule has 35 heavy (non-hydrogen) atoms. The number of benzene rings is 1. The second-order valence-electron chi connectivity index (χ2n) is 9.18. The number of hydrogen-bond donors (Lipinski definition) is 0. The van der Waals surface area contributed by atoms with Crippen LogP contribution < -0.4 is 0 Å². The highest BCUT2D eigenvalue weighted by Gasteiger charge is 2.35. The summed E-state index contributed by atoms with van der Waals surface area (Å²) in [7, 11) is -3.18. The Bertz CT molecular complexity index is 1570. The van der Waals surface area contributed by atoms with Gasteiger partial charge in [0, 0.05) is 43.9 Å². The Hall–Kier alpha value is -3.40. The van der Waals surface area contributed by atoms with Crippen molar-refractivity contribution >= 4 is 32.0 Å². The Morgan fingerprint density at radius 3 is 2.71 bits per heavy atom. The molecule has 6 rings (SSSR count). The predicted octanol–water partition coefficient (Wildman–Crippen LogP) is 1.81. The molecule has 2 aliphatic rings. The summed E-state index contributed by atoms with van der Waals surface area (Å²) in [6.07, 6.45) is 7.10. The highest BCUT2D eigenvalue weighted by atomic mass is 32.2. The second-order valence-corrected chi connectivity index (χ2v) is 11.2. The minimum Gasteiger partial charge on any atom is -0.381 e. The molecule has 4 aromatic rings. The maximum absolute atomic E-state index is 11.7. The normalized spacial score (nSPS) is 18.2. The number of aromatic nitrogens is 6. The third-order valence-corrected chi connectivity index (χ3v) is 8.08. The lowest BCUT2D eigenvalue weighted by molar-refractivity contribution is 0.0700. The zero-order chi connectivity index (χ0) is 24.2. The first-order valence-corrected chi connectivity index (χ1v) is 13.4. The van der Waals surface area contributed by atoms with Gasteiger partial charge >= 0.3 is 0 Å². The van der Waals surface area contributed by atoms with Gasteiger partial charge < -0.3 is 9.30 Å². The topological polar surface area (TPSA) is 132 Å². The third kappa shape index (κ3) is 3.95. The largest absolute Gasteiger partial charge is 0.381 e. The number of pyridine rings is 1. The van der Waals surface area contributed by atoms with Gasteiger partial charge in [0.05, 0.1) is 53.3 Å². The van der Waals surface area contributed by atoms with Crippen LogP contribution in [0, 0.1) is 11.3 Å². The number of hydrogen-bond acceptors (Lipinski definition) is 8. The SMILES string of the molecule is CS(=O)(=O)N1CC(n2cc(Cc3nc4cnc5ccc(C#N)cc5c4n3C3CCOCC3)nn2)C1. The summed E-state index contributed by atoms with van der Waals surface area (Å²) >= 11 is 0. The molecule has 2 fully saturated rings. The Morgan fingerprint density at radius 2 is 1.97 bits per heavy atom. The quantitative estimate of drug-likeness (QED) is 0.412. The van der Waals surface area contributed by atoms with Crippen LogP contribution in [0.1, 0.15) is 42.0 Å². The van der Waals surface area contributed by atoms with Gasteiger partial charge in [0.25, 0.3) is 0 Å². The number of rotatable bonds is 5. The molecule has 0 spiro atoms. The molecule has 0 radical (unpaired) electrons. The average molecular weight is 493 g/mol. The number of imidazole rings is 1. The maximum atomic E-state index is 11.7. The fourth-order valence-electron chi connectivity index (χ4n) is 4.95. The third-order valence-electron chi connectivity index (χ3n) is 6.84. The summed E-state index contributed by atoms with van der Waals surface area (Å²) in [5.74, 6) is 0.863. The Morgan fingerprint density at radius 1 is 1.17 bits per heavy atom. The standard InChI is InChI=1S/C23H24N8O3S/c1-35(32,33)29-13-18(14-29)30-12-16(27-28-30)9-22-26-21-11-25-20-3-2-15(10-24)8-19(20)23(21)31(22)17-4-6-34-7-5-17/h2-3,8,11-12,17-18H,4-7,9,13-14H2,1H3. The van der Waals surface area contributed by atoms with Crippen molar-refractivity contribution < 1.29 is 13.2 Å². The Labute approximate surface area is 202 Å². The molecule has 2 aliphatic heterocycles. The lowest BCUT2D eigenvalue weighted by atomic mass is 10.1. The van der Waals surface area contributed by atoms with E-state index >= 15 is 0 Å². The van der Waals surface area contributed by atoms with Crippen molar-refractivity contribution in [1.82, 2.24) is 33.8 Å². The average Bonchev–Trinajstić information content (AvgIpc) is 3.42. The van der Waals surface area contributed by atoms with Gasteiger partial charge in [-0.3, -0.25) is 4.98 Å². The number of ether oxygens (including phenoxy) is 1. The number of sulfonamides is 1. The van der Waals surface area contributed by atoms with E-state index in [4.69, 9.17) is 9.72 Å². The van der Waals surface area contributed by atoms with E-state index in [0.29, 0.717) is 38.3 Å². The molecule has 1 aromatic carbocycles. The van der Waals surface area contributed by atoms with Gasteiger partial charge in [0.15, 0.2) is 0 Å². The molecule has 5 heterocycles. The monoisotopic (exact) mass is 492 g/mol. The summed E-state index contributed by atoms with van der Waals surface area (Å²) in [4.78, 5) is 9.50. The first-order chi connectivity index (χ1) is 16.9. The lowest BCUT2D eigenvalue weighted by Crippen LogP contribution is -2.50. The Balaban J connectivity index is 1.39. The zero-order valence-corrected chi connectivity index (χ0v) is 20.0. The molecule has 0 saturated carbocycles. The zero-order valence-electron chi connectivity index (χ0n) is 19.2. The summed E-state index contributed by atoms with van der Waals surface area (Å²) in [6, 6.07) is 7.96. The van der Waals surface area contributed by atoms with E-state index in [1.807, 2.05) is 18.3 Å². The van der Waals surface area contributed by atoms with E-state index < -0.39 is 10.0 Å². The van der Waals surface area contributed by atoms with E-state index in [-0.39, 0.29) is 12.1 Å². The van der Waals surface area contributed by atoms with Crippen molar-refractivity contribution in [3.05, 3.63) is 47.7 Å². The van der Waals surface area contributed by atoms with E-state index in [1.54, 1.807) is 16.9 Å². The van der Waals surface area contributed by atoms with Crippen molar-refractivity contribution in [2.24, 2.45) is 0 Å². The molecule has 0 N–H and O–H groups in total. The second kappa shape index (κ2) is 8.37. The minimum absolute atomic E-state index is 0.0159. The van der Waals surface area contributed by atoms with Crippen molar-refractivity contribution in [2.45, 2.75) is 31.3 Å². The first kappa shape index (κ1) is 22.1. The van der Waals surface area contributed by atoms with Gasteiger partial charge in [-0.15, -0.1) is 5.10 Å². The van der Waals surface area contributed by atoms with Crippen LogP contribution >= 0.6 is 0 Å². The molecule has 0 bridgehead atoms. The van der Waals surface area contributed by atoms with Gasteiger partial charge in [-0.25, -0.2) is 18.1 Å². The van der Waals surface area contributed by atoms with Crippen LogP contribution in [0.15, 0.2) is 30.6 Å². The van der Waals surface area contributed by atoms with Crippen LogP contribution in [-0.4, -0.2) is 74.8 Å². The van der Waals surface area contributed by atoms with E-state index in [2.05, 4.69) is 25.9 Å². The molecule has 0 unspecified atom stereocenters. The van der Waals surface area contributed by atoms with Gasteiger partial charge in [-0.05, 0) is 31.0 Å². The van der Waals surface area contributed by atoms with Gasteiger partial charge in [0.1, 0.15) is 11.3 Å². The van der Waals surface area contributed by atoms with Gasteiger partial charge in [-0.1, -0.05) is 5.21 Å². The number of nitrogens with zero attached hydrogens (tertiary/aromatic N) is 8. The Kier molecular flexibility index (Phi) is 5.28. The molecule has 0 amide bonds. The molecule has 2 saturated heterocycles. The molecule has 3 aromatic heterocycles. The van der Waals surface area contributed by atoms with E-state index in [9.17, 15) is 13.7 Å². The van der Waals surface area contributed by atoms with Crippen LogP contribution in [0.5, 0.6) is 0 Å². The highest BCUT2D eigenvalue weighted by molar-refractivity contribution is 7.88. The summed E-state index contributed by atoms with van der Waals surface area (Å²) in [5.41, 5.74) is 3.93. The lowest BCUT2D eigenvalue weighted by Gasteiger charge is -2.36. The highest BCUT2D eigenvalue weighted by Crippen LogP contribution is 2.33. The molecule has 11 nitrogen and oxygen atoms in total. The number of fused-ring (bicyclic) bond motifs is 3. The fraction of sp³-hybridized carbons (Fsp3) is 0.435. The van der Waals surface area contributed by atoms with E-state index in [1.165, 1.54) is 10.6 Å². The molecule has 0 atom stereocenters. The minimum atomic E-state index is -3.18. The maximum Gasteiger partial charge on any atom is 0.211 e. The van der Waals surface area contributed by atoms with Crippen LogP contribution in [-0.2, 0) is 21.2 Å². The van der Waals surface area contributed by atoms with Gasteiger partial charge in [-0.2, -0.15) is 9.57 Å². The van der Waals surface area contributed by atoms with Crippen molar-refractivity contribution in [3.63, 3.8) is 0 Å². The fourth-order valence-corrected chi connectivity index (χ4v) is 5.83. The molecular weight excluding hydrogens is 468 g/mol. The predicted molar refractivity (Wildman–Crippen MR) is 127 cm³/mol. The van der Waals surface area contributed by atoms with Crippen molar-refractivity contribution in [2.75, 3.05) is 32.6 Å². The van der Waals surface area contributed by atoms with Crippen molar-refractivity contribution in [3.8, 4) is 6.07 Å². The molecule has 0 aliphatic carbocycles. The van der Waals surface area contributed by atoms with Gasteiger partial charge in [0.2, 0.25) is 10.0 Å². The summed E-state index contributed by atoms with van der Waals surface area (Å²) < 4.78 is 34.4. The van der Waals surface area contributed by atoms with Crippen molar-refractivity contribution in [1.29, 1.82) is 5.26 Å². The van der Waals surface area contributed by atoms with Crippen LogP contribution in [0.2, 0.25) is 0 Å². The molecular formula is C23H24N8O3S. The summed E-state index contributed by atoms with van der Waals surface area (Å²) in [5, 5.41) is 19.0.